The van der Waals surface area contributed by atoms with Gasteiger partial charge in [0.2, 0.25) is 0 Å². The molecular formula is C9H8Cl2NOP. The van der Waals surface area contributed by atoms with Crippen molar-refractivity contribution in [1.82, 2.24) is 5.32 Å². The van der Waals surface area contributed by atoms with Gasteiger partial charge in [0.25, 0.3) is 5.91 Å². The third kappa shape index (κ3) is 3.30. The summed E-state index contributed by atoms with van der Waals surface area (Å²) in [7, 11) is 2.25. The lowest BCUT2D eigenvalue weighted by Crippen LogP contribution is -2.20. The van der Waals surface area contributed by atoms with Crippen LogP contribution in [0.1, 0.15) is 10.4 Å². The first-order valence-electron chi connectivity index (χ1n) is 3.78. The highest BCUT2D eigenvalue weighted by Gasteiger charge is 2.05. The SMILES string of the molecule is O=C(NC(P)=C(Cl)Cl)c1ccccc1. The molecule has 1 atom stereocenters. The molecular weight excluding hydrogens is 240 g/mol. The van der Waals surface area contributed by atoms with Crippen LogP contribution < -0.4 is 5.32 Å². The van der Waals surface area contributed by atoms with Gasteiger partial charge in [-0.05, 0) is 12.1 Å². The number of amides is 1. The first-order valence-corrected chi connectivity index (χ1v) is 5.11. The molecule has 74 valence electrons. The molecule has 0 aromatic heterocycles. The second-order valence-corrected chi connectivity index (χ2v) is 4.02. The summed E-state index contributed by atoms with van der Waals surface area (Å²) in [6, 6.07) is 8.81. The molecule has 5 heteroatoms. The molecule has 0 fully saturated rings. The summed E-state index contributed by atoms with van der Waals surface area (Å²) in [5.41, 5.74) is 0.921. The summed E-state index contributed by atoms with van der Waals surface area (Å²) < 4.78 is 0.0271. The van der Waals surface area contributed by atoms with Crippen molar-refractivity contribution in [3.63, 3.8) is 0 Å². The molecule has 0 spiro atoms. The van der Waals surface area contributed by atoms with Gasteiger partial charge in [0.05, 0.1) is 5.44 Å². The molecule has 0 aliphatic rings. The molecule has 0 saturated heterocycles. The Hall–Kier alpha value is -0.560. The van der Waals surface area contributed by atoms with Crippen LogP contribution in [0.4, 0.5) is 0 Å². The molecule has 0 saturated carbocycles. The second kappa shape index (κ2) is 5.35. The van der Waals surface area contributed by atoms with Gasteiger partial charge in [0.15, 0.2) is 0 Å². The van der Waals surface area contributed by atoms with E-state index in [-0.39, 0.29) is 10.4 Å². The van der Waals surface area contributed by atoms with E-state index in [9.17, 15) is 4.79 Å². The number of nitrogens with one attached hydrogen (secondary N) is 1. The van der Waals surface area contributed by atoms with E-state index in [1.807, 2.05) is 6.07 Å². The van der Waals surface area contributed by atoms with Crippen LogP contribution in [0.3, 0.4) is 0 Å². The number of rotatable bonds is 2. The lowest BCUT2D eigenvalue weighted by molar-refractivity contribution is 0.0969. The van der Waals surface area contributed by atoms with Crippen molar-refractivity contribution in [1.29, 1.82) is 0 Å². The van der Waals surface area contributed by atoms with Crippen LogP contribution in [-0.4, -0.2) is 5.91 Å². The van der Waals surface area contributed by atoms with Crippen molar-refractivity contribution in [2.75, 3.05) is 0 Å². The van der Waals surface area contributed by atoms with Gasteiger partial charge in [-0.2, -0.15) is 0 Å². The van der Waals surface area contributed by atoms with Gasteiger partial charge >= 0.3 is 0 Å². The van der Waals surface area contributed by atoms with Gasteiger partial charge in [0, 0.05) is 5.56 Å². The minimum Gasteiger partial charge on any atom is -0.320 e. The van der Waals surface area contributed by atoms with Gasteiger partial charge in [-0.15, -0.1) is 0 Å². The first kappa shape index (κ1) is 11.5. The number of carbonyl (C=O) groups is 1. The van der Waals surface area contributed by atoms with E-state index < -0.39 is 0 Å². The van der Waals surface area contributed by atoms with Crippen molar-refractivity contribution in [2.45, 2.75) is 0 Å². The zero-order valence-corrected chi connectivity index (χ0v) is 9.79. The van der Waals surface area contributed by atoms with Crippen molar-refractivity contribution >= 4 is 38.3 Å². The maximum atomic E-state index is 11.5. The number of benzene rings is 1. The van der Waals surface area contributed by atoms with E-state index in [0.29, 0.717) is 11.0 Å². The minimum atomic E-state index is -0.241. The maximum Gasteiger partial charge on any atom is 0.255 e. The fourth-order valence-corrected chi connectivity index (χ4v) is 1.06. The monoisotopic (exact) mass is 247 g/mol. The van der Waals surface area contributed by atoms with Crippen molar-refractivity contribution < 1.29 is 4.79 Å². The fourth-order valence-electron chi connectivity index (χ4n) is 0.831. The average molecular weight is 248 g/mol. The normalized spacial score (nSPS) is 9.36. The third-order valence-electron chi connectivity index (χ3n) is 1.49. The number of carbonyl (C=O) groups excluding carboxylic acids is 1. The van der Waals surface area contributed by atoms with Crippen LogP contribution in [0.25, 0.3) is 0 Å². The topological polar surface area (TPSA) is 29.1 Å². The van der Waals surface area contributed by atoms with Crippen LogP contribution in [0.5, 0.6) is 0 Å². The van der Waals surface area contributed by atoms with E-state index in [2.05, 4.69) is 14.6 Å². The molecule has 1 N–H and O–H groups in total. The van der Waals surface area contributed by atoms with Crippen LogP contribution in [0.2, 0.25) is 0 Å². The molecule has 0 heterocycles. The number of halogens is 2. The Balaban J connectivity index is 2.75. The van der Waals surface area contributed by atoms with E-state index in [1.165, 1.54) is 0 Å². The van der Waals surface area contributed by atoms with E-state index in [0.717, 1.165) is 0 Å². The molecule has 1 rings (SSSR count). The molecule has 2 nitrogen and oxygen atoms in total. The van der Waals surface area contributed by atoms with E-state index in [1.54, 1.807) is 24.3 Å². The highest BCUT2D eigenvalue weighted by molar-refractivity contribution is 7.23. The van der Waals surface area contributed by atoms with Crippen LogP contribution in [0, 0.1) is 0 Å². The lowest BCUT2D eigenvalue weighted by Gasteiger charge is -2.04. The maximum absolute atomic E-state index is 11.5. The molecule has 14 heavy (non-hydrogen) atoms. The minimum absolute atomic E-state index is 0.0271. The first-order chi connectivity index (χ1) is 6.61. The third-order valence-corrected chi connectivity index (χ3v) is 2.69. The lowest BCUT2D eigenvalue weighted by atomic mass is 10.2. The zero-order valence-electron chi connectivity index (χ0n) is 7.13. The molecule has 0 aliphatic heterocycles. The van der Waals surface area contributed by atoms with Gasteiger partial charge in [-0.3, -0.25) is 4.79 Å². The number of hydrogen-bond donors (Lipinski definition) is 1. The average Bonchev–Trinajstić information content (AvgIpc) is 2.19. The molecule has 0 aliphatic carbocycles. The van der Waals surface area contributed by atoms with Gasteiger partial charge < -0.3 is 5.32 Å². The fraction of sp³-hybridized carbons (Fsp3) is 0. The van der Waals surface area contributed by atoms with Gasteiger partial charge in [-0.25, -0.2) is 0 Å². The summed E-state index contributed by atoms with van der Waals surface area (Å²) in [5.74, 6) is -0.241. The molecule has 0 radical (unpaired) electrons. The largest absolute Gasteiger partial charge is 0.320 e. The Morgan fingerprint density at radius 1 is 1.21 bits per heavy atom. The standard InChI is InChI=1S/C9H8Cl2NOP/c10-7(11)9(14)12-8(13)6-4-2-1-3-5-6/h1-5H,14H2,(H,12,13). The van der Waals surface area contributed by atoms with E-state index in [4.69, 9.17) is 23.2 Å². The second-order valence-electron chi connectivity index (χ2n) is 2.49. The van der Waals surface area contributed by atoms with E-state index >= 15 is 0 Å². The van der Waals surface area contributed by atoms with Gasteiger partial charge in [0.1, 0.15) is 4.49 Å². The quantitative estimate of drug-likeness (QED) is 0.801. The molecule has 1 unspecified atom stereocenters. The Labute approximate surface area is 94.5 Å². The predicted molar refractivity (Wildman–Crippen MR) is 62.4 cm³/mol. The van der Waals surface area contributed by atoms with Crippen molar-refractivity contribution in [2.24, 2.45) is 0 Å². The van der Waals surface area contributed by atoms with Crippen LogP contribution >= 0.6 is 32.4 Å². The highest BCUT2D eigenvalue weighted by Crippen LogP contribution is 2.17. The number of hydrogen-bond acceptors (Lipinski definition) is 1. The van der Waals surface area contributed by atoms with Crippen molar-refractivity contribution in [3.05, 3.63) is 45.8 Å². The summed E-state index contributed by atoms with van der Waals surface area (Å²) in [6.45, 7) is 0. The van der Waals surface area contributed by atoms with Gasteiger partial charge in [-0.1, -0.05) is 50.6 Å². The summed E-state index contributed by atoms with van der Waals surface area (Å²) in [4.78, 5) is 11.5. The van der Waals surface area contributed by atoms with Crippen molar-refractivity contribution in [3.8, 4) is 0 Å². The molecule has 1 aromatic rings. The summed E-state index contributed by atoms with van der Waals surface area (Å²) in [6.07, 6.45) is 0. The van der Waals surface area contributed by atoms with Crippen LogP contribution in [0.15, 0.2) is 40.3 Å². The predicted octanol–water partition coefficient (Wildman–Crippen LogP) is 2.90. The zero-order chi connectivity index (χ0) is 10.6. The summed E-state index contributed by atoms with van der Waals surface area (Å²) >= 11 is 10.9. The Bertz CT molecular complexity index is 360. The molecule has 1 amide bonds. The summed E-state index contributed by atoms with van der Waals surface area (Å²) in [5, 5.41) is 2.54. The Morgan fingerprint density at radius 3 is 2.29 bits per heavy atom. The highest BCUT2D eigenvalue weighted by atomic mass is 35.5. The Morgan fingerprint density at radius 2 is 1.79 bits per heavy atom. The smallest absolute Gasteiger partial charge is 0.255 e. The molecule has 0 bridgehead atoms. The Kier molecular flexibility index (Phi) is 4.40. The molecule has 1 aromatic carbocycles. The van der Waals surface area contributed by atoms with Crippen LogP contribution in [-0.2, 0) is 0 Å².